The molecule has 0 saturated carbocycles. The molecule has 0 atom stereocenters. The lowest BCUT2D eigenvalue weighted by Gasteiger charge is -2.34. The zero-order valence-corrected chi connectivity index (χ0v) is 21.0. The van der Waals surface area contributed by atoms with E-state index in [2.05, 4.69) is 33.5 Å². The second-order valence-electron chi connectivity index (χ2n) is 9.37. The van der Waals surface area contributed by atoms with Gasteiger partial charge in [-0.05, 0) is 79.2 Å². The van der Waals surface area contributed by atoms with Gasteiger partial charge in [-0.3, -0.25) is 9.59 Å². The number of rotatable bonds is 6. The van der Waals surface area contributed by atoms with E-state index >= 15 is 0 Å². The Morgan fingerprint density at radius 1 is 0.784 bits per heavy atom. The predicted octanol–water partition coefficient (Wildman–Crippen LogP) is 5.51. The van der Waals surface area contributed by atoms with Crippen molar-refractivity contribution in [1.29, 1.82) is 0 Å². The number of aryl methyl sites for hydroxylation is 1. The molecule has 7 heteroatoms. The third kappa shape index (κ3) is 5.73. The normalized spacial score (nSPS) is 13.8. The Balaban J connectivity index is 1.27. The first-order valence-electron chi connectivity index (χ1n) is 12.4. The van der Waals surface area contributed by atoms with E-state index < -0.39 is 0 Å². The van der Waals surface area contributed by atoms with Crippen LogP contribution in [0, 0.1) is 6.92 Å². The number of likely N-dealkylation sites (N-methyl/N-ethyl adjacent to an activating group) is 1. The minimum Gasteiger partial charge on any atom is -0.472 e. The maximum Gasteiger partial charge on any atom is 0.258 e. The quantitative estimate of drug-likeness (QED) is 0.370. The molecule has 188 valence electrons. The van der Waals surface area contributed by atoms with Gasteiger partial charge in [0, 0.05) is 48.8 Å². The van der Waals surface area contributed by atoms with Crippen LogP contribution in [0.15, 0.2) is 89.7 Å². The van der Waals surface area contributed by atoms with Crippen LogP contribution in [-0.4, -0.2) is 49.9 Å². The molecule has 3 aromatic carbocycles. The topological polar surface area (TPSA) is 77.8 Å². The minimum atomic E-state index is -0.229. The third-order valence-electron chi connectivity index (χ3n) is 6.71. The Morgan fingerprint density at radius 2 is 1.49 bits per heavy atom. The summed E-state index contributed by atoms with van der Waals surface area (Å²) in [6, 6.07) is 22.9. The van der Waals surface area contributed by atoms with Gasteiger partial charge in [0.2, 0.25) is 0 Å². The highest BCUT2D eigenvalue weighted by atomic mass is 16.3. The van der Waals surface area contributed by atoms with Crippen molar-refractivity contribution in [3.63, 3.8) is 0 Å². The molecule has 37 heavy (non-hydrogen) atoms. The van der Waals surface area contributed by atoms with Gasteiger partial charge in [0.25, 0.3) is 11.8 Å². The van der Waals surface area contributed by atoms with Crippen molar-refractivity contribution in [1.82, 2.24) is 4.90 Å². The zero-order chi connectivity index (χ0) is 25.8. The Kier molecular flexibility index (Phi) is 7.05. The van der Waals surface area contributed by atoms with Crippen molar-refractivity contribution in [3.8, 4) is 11.1 Å². The van der Waals surface area contributed by atoms with E-state index in [1.54, 1.807) is 6.07 Å². The van der Waals surface area contributed by atoms with Crippen molar-refractivity contribution in [2.24, 2.45) is 0 Å². The fraction of sp³-hybridized carbons (Fsp3) is 0.200. The average molecular weight is 495 g/mol. The van der Waals surface area contributed by atoms with Crippen molar-refractivity contribution < 1.29 is 14.0 Å². The molecule has 2 heterocycles. The summed E-state index contributed by atoms with van der Waals surface area (Å²) in [4.78, 5) is 30.0. The fourth-order valence-corrected chi connectivity index (χ4v) is 4.46. The van der Waals surface area contributed by atoms with Crippen LogP contribution in [-0.2, 0) is 0 Å². The van der Waals surface area contributed by atoms with E-state index in [4.69, 9.17) is 4.42 Å². The molecule has 0 radical (unpaired) electrons. The molecular formula is C30H30N4O3. The summed E-state index contributed by atoms with van der Waals surface area (Å²) in [7, 11) is 2.14. The van der Waals surface area contributed by atoms with Crippen LogP contribution in [0.4, 0.5) is 17.1 Å². The molecule has 0 spiro atoms. The molecular weight excluding hydrogens is 464 g/mol. The highest BCUT2D eigenvalue weighted by Gasteiger charge is 2.15. The SMILES string of the molecule is Cc1ccc(NC(=O)c2ccoc2)cc1-c1ccc(C(=O)Nc2cccc(N3CCN(C)CC3)c2)cc1. The Bertz CT molecular complexity index is 1390. The molecule has 2 N–H and O–H groups in total. The molecule has 1 fully saturated rings. The van der Waals surface area contributed by atoms with Crippen molar-refractivity contribution in [2.45, 2.75) is 6.92 Å². The molecule has 0 bridgehead atoms. The fourth-order valence-electron chi connectivity index (χ4n) is 4.46. The van der Waals surface area contributed by atoms with Gasteiger partial charge in [-0.1, -0.05) is 24.3 Å². The number of hydrogen-bond donors (Lipinski definition) is 2. The maximum absolute atomic E-state index is 13.0. The van der Waals surface area contributed by atoms with Crippen molar-refractivity contribution in [3.05, 3.63) is 102 Å². The third-order valence-corrected chi connectivity index (χ3v) is 6.71. The Morgan fingerprint density at radius 3 is 2.19 bits per heavy atom. The Labute approximate surface area is 216 Å². The van der Waals surface area contributed by atoms with Crippen LogP contribution >= 0.6 is 0 Å². The van der Waals surface area contributed by atoms with E-state index in [-0.39, 0.29) is 11.8 Å². The van der Waals surface area contributed by atoms with E-state index in [1.165, 1.54) is 12.5 Å². The second-order valence-corrected chi connectivity index (χ2v) is 9.37. The number of benzene rings is 3. The standard InChI is InChI=1S/C30H30N4O3/c1-21-6-11-26(32-30(36)24-12-17-37-20-24)19-28(21)22-7-9-23(10-8-22)29(35)31-25-4-3-5-27(18-25)34-15-13-33(2)14-16-34/h3-12,17-20H,13-16H2,1-2H3,(H,31,35)(H,32,36). The van der Waals surface area contributed by atoms with Crippen LogP contribution in [0.5, 0.6) is 0 Å². The maximum atomic E-state index is 13.0. The summed E-state index contributed by atoms with van der Waals surface area (Å²) in [5.74, 6) is -0.382. The lowest BCUT2D eigenvalue weighted by Crippen LogP contribution is -2.44. The van der Waals surface area contributed by atoms with Crippen molar-refractivity contribution >= 4 is 28.9 Å². The smallest absolute Gasteiger partial charge is 0.258 e. The molecule has 7 nitrogen and oxygen atoms in total. The Hall–Kier alpha value is -4.36. The van der Waals surface area contributed by atoms with Crippen LogP contribution in [0.2, 0.25) is 0 Å². The number of nitrogens with zero attached hydrogens (tertiary/aromatic N) is 2. The van der Waals surface area contributed by atoms with Gasteiger partial charge in [0.15, 0.2) is 0 Å². The monoisotopic (exact) mass is 494 g/mol. The number of carbonyl (C=O) groups is 2. The lowest BCUT2D eigenvalue weighted by atomic mass is 9.98. The molecule has 1 saturated heterocycles. The number of carbonyl (C=O) groups excluding carboxylic acids is 2. The molecule has 0 unspecified atom stereocenters. The van der Waals surface area contributed by atoms with Crippen LogP contribution < -0.4 is 15.5 Å². The first-order valence-corrected chi connectivity index (χ1v) is 12.4. The number of anilines is 3. The number of piperazine rings is 1. The summed E-state index contributed by atoms with van der Waals surface area (Å²) in [5, 5.41) is 5.93. The zero-order valence-electron chi connectivity index (χ0n) is 21.0. The molecule has 1 aliphatic rings. The number of hydrogen-bond acceptors (Lipinski definition) is 5. The largest absolute Gasteiger partial charge is 0.472 e. The molecule has 0 aliphatic carbocycles. The summed E-state index contributed by atoms with van der Waals surface area (Å²) < 4.78 is 4.99. The van der Waals surface area contributed by atoms with E-state index in [0.29, 0.717) is 16.8 Å². The second kappa shape index (κ2) is 10.7. The summed E-state index contributed by atoms with van der Waals surface area (Å²) in [6.45, 7) is 6.03. The van der Waals surface area contributed by atoms with Gasteiger partial charge in [-0.25, -0.2) is 0 Å². The summed E-state index contributed by atoms with van der Waals surface area (Å²) >= 11 is 0. The van der Waals surface area contributed by atoms with Gasteiger partial charge in [0.05, 0.1) is 11.8 Å². The first kappa shape index (κ1) is 24.3. The summed E-state index contributed by atoms with van der Waals surface area (Å²) in [5.41, 5.74) is 6.65. The molecule has 1 aromatic heterocycles. The van der Waals surface area contributed by atoms with E-state index in [0.717, 1.165) is 54.2 Å². The van der Waals surface area contributed by atoms with Gasteiger partial charge in [-0.2, -0.15) is 0 Å². The predicted molar refractivity (Wildman–Crippen MR) is 147 cm³/mol. The molecule has 5 rings (SSSR count). The van der Waals surface area contributed by atoms with Crippen LogP contribution in [0.25, 0.3) is 11.1 Å². The lowest BCUT2D eigenvalue weighted by molar-refractivity contribution is 0.101. The first-order chi connectivity index (χ1) is 18.0. The highest BCUT2D eigenvalue weighted by molar-refractivity contribution is 6.05. The summed E-state index contributed by atoms with van der Waals surface area (Å²) in [6.07, 6.45) is 2.88. The van der Waals surface area contributed by atoms with Crippen LogP contribution in [0.3, 0.4) is 0 Å². The van der Waals surface area contributed by atoms with E-state index in [1.807, 2.05) is 67.6 Å². The van der Waals surface area contributed by atoms with Crippen molar-refractivity contribution in [2.75, 3.05) is 48.8 Å². The number of amides is 2. The average Bonchev–Trinajstić information content (AvgIpc) is 3.46. The molecule has 2 amide bonds. The van der Waals surface area contributed by atoms with Gasteiger partial charge < -0.3 is 24.9 Å². The minimum absolute atomic E-state index is 0.153. The van der Waals surface area contributed by atoms with Gasteiger partial charge >= 0.3 is 0 Å². The number of nitrogens with one attached hydrogen (secondary N) is 2. The van der Waals surface area contributed by atoms with Gasteiger partial charge in [-0.15, -0.1) is 0 Å². The van der Waals surface area contributed by atoms with E-state index in [9.17, 15) is 9.59 Å². The number of furan rings is 1. The van der Waals surface area contributed by atoms with Gasteiger partial charge in [0.1, 0.15) is 6.26 Å². The highest BCUT2D eigenvalue weighted by Crippen LogP contribution is 2.28. The van der Waals surface area contributed by atoms with Crippen LogP contribution in [0.1, 0.15) is 26.3 Å². The molecule has 1 aliphatic heterocycles. The molecule has 4 aromatic rings.